The Kier molecular flexibility index (Phi) is 4.09. The van der Waals surface area contributed by atoms with Crippen LogP contribution in [0.5, 0.6) is 11.5 Å². The lowest BCUT2D eigenvalue weighted by molar-refractivity contribution is -0.173. The first-order valence-electron chi connectivity index (χ1n) is 13.4. The van der Waals surface area contributed by atoms with Gasteiger partial charge in [-0.25, -0.2) is 4.98 Å². The van der Waals surface area contributed by atoms with Crippen molar-refractivity contribution in [2.24, 2.45) is 5.92 Å². The number of benzene rings is 2. The number of aromatic nitrogens is 1. The Bertz CT molecular complexity index is 1430. The van der Waals surface area contributed by atoms with E-state index in [0.29, 0.717) is 6.42 Å². The predicted octanol–water partition coefficient (Wildman–Crippen LogP) is 4.01. The number of ether oxygens (including phenoxy) is 2. The summed E-state index contributed by atoms with van der Waals surface area (Å²) in [6.07, 6.45) is 4.68. The van der Waals surface area contributed by atoms with Gasteiger partial charge in [0.15, 0.2) is 17.6 Å². The Morgan fingerprint density at radius 1 is 1.17 bits per heavy atom. The van der Waals surface area contributed by atoms with Crippen LogP contribution < -0.4 is 14.4 Å². The minimum atomic E-state index is -0.906. The number of piperidine rings is 1. The number of methoxy groups -OCH3 is 1. The fraction of sp³-hybridized carbons (Fsp3) is 0.500. The number of nitrogens with zero attached hydrogens (tertiary/aromatic N) is 3. The normalized spacial score (nSPS) is 31.6. The maximum atomic E-state index is 12.9. The maximum Gasteiger partial charge on any atom is 0.166 e. The molecule has 1 saturated carbocycles. The average molecular weight is 484 g/mol. The molecule has 1 spiro atoms. The molecule has 6 nitrogen and oxygen atoms in total. The number of fused-ring (bicyclic) bond motifs is 3. The minimum Gasteiger partial charge on any atom is -0.493 e. The molecule has 3 aliphatic carbocycles. The fourth-order valence-corrected chi connectivity index (χ4v) is 7.96. The summed E-state index contributed by atoms with van der Waals surface area (Å²) in [5.41, 5.74) is 5.34. The van der Waals surface area contributed by atoms with Gasteiger partial charge in [0, 0.05) is 49.7 Å². The van der Waals surface area contributed by atoms with Crippen molar-refractivity contribution in [2.75, 3.05) is 39.2 Å². The Hall–Kier alpha value is -2.83. The molecule has 1 saturated heterocycles. The number of likely N-dealkylation sites (tertiary alicyclic amines) is 1. The molecular weight excluding hydrogens is 450 g/mol. The molecule has 1 N–H and O–H groups in total. The molecule has 36 heavy (non-hydrogen) atoms. The fourth-order valence-electron chi connectivity index (χ4n) is 7.96. The van der Waals surface area contributed by atoms with E-state index in [-0.39, 0.29) is 12.1 Å². The Labute approximate surface area is 211 Å². The number of anilines is 1. The van der Waals surface area contributed by atoms with Crippen molar-refractivity contribution in [3.63, 3.8) is 0 Å². The molecule has 2 bridgehead atoms. The molecule has 1 aromatic heterocycles. The van der Waals surface area contributed by atoms with Gasteiger partial charge in [-0.2, -0.15) is 0 Å². The number of hydrogen-bond donors (Lipinski definition) is 1. The van der Waals surface area contributed by atoms with E-state index >= 15 is 0 Å². The van der Waals surface area contributed by atoms with Gasteiger partial charge in [-0.1, -0.05) is 6.07 Å². The van der Waals surface area contributed by atoms with Crippen molar-refractivity contribution >= 4 is 16.6 Å². The van der Waals surface area contributed by atoms with Gasteiger partial charge >= 0.3 is 0 Å². The number of aliphatic hydroxyl groups is 1. The lowest BCUT2D eigenvalue weighted by atomic mass is 9.49. The molecule has 2 fully saturated rings. The first-order chi connectivity index (χ1) is 17.4. The van der Waals surface area contributed by atoms with Crippen molar-refractivity contribution in [1.82, 2.24) is 9.88 Å². The molecule has 2 aliphatic heterocycles. The highest BCUT2D eigenvalue weighted by Gasteiger charge is 2.72. The highest BCUT2D eigenvalue weighted by atomic mass is 16.5. The largest absolute Gasteiger partial charge is 0.493 e. The molecule has 0 radical (unpaired) electrons. The van der Waals surface area contributed by atoms with Crippen LogP contribution in [0.1, 0.15) is 47.8 Å². The molecular formula is C30H33N3O3. The molecule has 4 atom stereocenters. The first-order valence-corrected chi connectivity index (χ1v) is 13.4. The summed E-state index contributed by atoms with van der Waals surface area (Å²) in [6, 6.07) is 13.0. The molecule has 8 rings (SSSR count). The van der Waals surface area contributed by atoms with Crippen LogP contribution in [0.25, 0.3) is 10.9 Å². The quantitative estimate of drug-likeness (QED) is 0.605. The third kappa shape index (κ3) is 2.52. The second kappa shape index (κ2) is 6.93. The van der Waals surface area contributed by atoms with Gasteiger partial charge < -0.3 is 19.5 Å². The molecule has 2 unspecified atom stereocenters. The Morgan fingerprint density at radius 3 is 2.81 bits per heavy atom. The lowest BCUT2D eigenvalue weighted by Gasteiger charge is -2.63. The van der Waals surface area contributed by atoms with E-state index in [1.165, 1.54) is 24.0 Å². The van der Waals surface area contributed by atoms with E-state index in [1.54, 1.807) is 7.11 Å². The van der Waals surface area contributed by atoms with E-state index < -0.39 is 11.0 Å². The molecule has 3 aromatic rings. The summed E-state index contributed by atoms with van der Waals surface area (Å²) in [5.74, 6) is 2.37. The second-order valence-electron chi connectivity index (χ2n) is 11.9. The van der Waals surface area contributed by atoms with Crippen molar-refractivity contribution in [3.8, 4) is 11.5 Å². The summed E-state index contributed by atoms with van der Waals surface area (Å²) < 4.78 is 12.6. The van der Waals surface area contributed by atoms with Crippen molar-refractivity contribution in [1.29, 1.82) is 0 Å². The third-order valence-corrected chi connectivity index (χ3v) is 9.85. The molecule has 186 valence electrons. The van der Waals surface area contributed by atoms with E-state index in [0.717, 1.165) is 71.2 Å². The molecule has 6 heteroatoms. The smallest absolute Gasteiger partial charge is 0.166 e. The van der Waals surface area contributed by atoms with Crippen LogP contribution in [0.2, 0.25) is 0 Å². The second-order valence-corrected chi connectivity index (χ2v) is 11.9. The van der Waals surface area contributed by atoms with E-state index in [1.807, 2.05) is 6.07 Å². The van der Waals surface area contributed by atoms with Crippen LogP contribution in [-0.2, 0) is 18.3 Å². The van der Waals surface area contributed by atoms with E-state index in [9.17, 15) is 5.11 Å². The predicted molar refractivity (Wildman–Crippen MR) is 139 cm³/mol. The minimum absolute atomic E-state index is 0.0850. The van der Waals surface area contributed by atoms with Gasteiger partial charge in [0.05, 0.1) is 29.3 Å². The van der Waals surface area contributed by atoms with Gasteiger partial charge in [0.2, 0.25) is 0 Å². The van der Waals surface area contributed by atoms with Gasteiger partial charge in [-0.15, -0.1) is 0 Å². The van der Waals surface area contributed by atoms with Crippen LogP contribution in [-0.4, -0.2) is 60.9 Å². The summed E-state index contributed by atoms with van der Waals surface area (Å²) in [6.45, 7) is 2.09. The number of rotatable bonds is 4. The third-order valence-electron chi connectivity index (χ3n) is 9.85. The van der Waals surface area contributed by atoms with Crippen molar-refractivity contribution < 1.29 is 14.6 Å². The highest BCUT2D eigenvalue weighted by Crippen LogP contribution is 2.68. The van der Waals surface area contributed by atoms with Crippen LogP contribution in [0.3, 0.4) is 0 Å². The summed E-state index contributed by atoms with van der Waals surface area (Å²) in [7, 11) is 5.83. The van der Waals surface area contributed by atoms with Crippen LogP contribution in [0, 0.1) is 5.92 Å². The van der Waals surface area contributed by atoms with Crippen LogP contribution in [0.4, 0.5) is 5.69 Å². The molecule has 3 heterocycles. The summed E-state index contributed by atoms with van der Waals surface area (Å²) >= 11 is 0. The Morgan fingerprint density at radius 2 is 2.03 bits per heavy atom. The van der Waals surface area contributed by atoms with Crippen molar-refractivity contribution in [2.45, 2.75) is 55.3 Å². The number of hydrogen-bond acceptors (Lipinski definition) is 6. The lowest BCUT2D eigenvalue weighted by Crippen LogP contribution is -2.74. The topological polar surface area (TPSA) is 58.1 Å². The van der Waals surface area contributed by atoms with Gasteiger partial charge in [-0.05, 0) is 79.6 Å². The van der Waals surface area contributed by atoms with Gasteiger partial charge in [0.25, 0.3) is 0 Å². The zero-order valence-corrected chi connectivity index (χ0v) is 21.3. The van der Waals surface area contributed by atoms with Crippen LogP contribution >= 0.6 is 0 Å². The highest BCUT2D eigenvalue weighted by molar-refractivity contribution is 5.84. The van der Waals surface area contributed by atoms with Crippen molar-refractivity contribution in [3.05, 3.63) is 58.8 Å². The molecule has 2 aromatic carbocycles. The number of pyridine rings is 1. The first kappa shape index (κ1) is 21.3. The zero-order chi connectivity index (χ0) is 24.4. The zero-order valence-electron chi connectivity index (χ0n) is 21.3. The maximum absolute atomic E-state index is 12.9. The summed E-state index contributed by atoms with van der Waals surface area (Å²) in [5, 5.41) is 14.1. The monoisotopic (exact) mass is 483 g/mol. The SMILES string of the molecule is COc1ccc2c3c1OC1c4nc5ccc(N(C)C)cc5cc4CC4(O)[C@@H](C2)N(CC2CC2)CC[C@]314. The van der Waals surface area contributed by atoms with Gasteiger partial charge in [-0.3, -0.25) is 4.90 Å². The standard InChI is InChI=1S/C30H33N3O3/c1-32(2)21-7-8-22-19(13-21)12-20-15-30(34)24-14-18-6-9-23(35-3)27-25(18)29(30,28(36-27)26(20)31-22)10-11-33(24)16-17-4-5-17/h6-9,12-13,17,24,28,34H,4-5,10-11,14-16H2,1-3H3/t24-,28?,29+,30?/m1/s1. The van der Waals surface area contributed by atoms with Crippen LogP contribution in [0.15, 0.2) is 36.4 Å². The molecule has 0 amide bonds. The van der Waals surface area contributed by atoms with E-state index in [4.69, 9.17) is 14.5 Å². The summed E-state index contributed by atoms with van der Waals surface area (Å²) in [4.78, 5) is 9.95. The molecule has 5 aliphatic rings. The Balaban J connectivity index is 1.37. The average Bonchev–Trinajstić information content (AvgIpc) is 3.61. The van der Waals surface area contributed by atoms with Gasteiger partial charge in [0.1, 0.15) is 0 Å². The van der Waals surface area contributed by atoms with E-state index in [2.05, 4.69) is 54.2 Å².